The minimum Gasteiger partial charge on any atom is -0.747 e. The van der Waals surface area contributed by atoms with Crippen molar-refractivity contribution in [2.24, 2.45) is 16.8 Å². The second-order valence-corrected chi connectivity index (χ2v) is 9.77. The van der Waals surface area contributed by atoms with Crippen LogP contribution in [0, 0.1) is 11.8 Å². The van der Waals surface area contributed by atoms with Gasteiger partial charge < -0.3 is 18.8 Å². The summed E-state index contributed by atoms with van der Waals surface area (Å²) in [7, 11) is -5.01. The molecule has 11 heteroatoms. The second-order valence-electron chi connectivity index (χ2n) is 8.21. The Morgan fingerprint density at radius 3 is 1.88 bits per heavy atom. The van der Waals surface area contributed by atoms with Crippen LogP contribution in [0.5, 0.6) is 0 Å². The van der Waals surface area contributed by atoms with Gasteiger partial charge in [0.15, 0.2) is 11.7 Å². The molecule has 3 unspecified atom stereocenters. The molecule has 34 heavy (non-hydrogen) atoms. The molecular formula is C23H42NNaO8S. The molecule has 0 aliphatic carbocycles. The average molecular weight is 516 g/mol. The number of aliphatic imine (C=N–C) groups is 1. The number of unbranched alkanes of at least 4 members (excludes halogenated alkanes) is 2. The van der Waals surface area contributed by atoms with E-state index in [9.17, 15) is 22.6 Å². The van der Waals surface area contributed by atoms with E-state index in [2.05, 4.69) is 23.6 Å². The van der Waals surface area contributed by atoms with E-state index < -0.39 is 33.7 Å². The number of ether oxygens (including phenoxy) is 3. The van der Waals surface area contributed by atoms with E-state index >= 15 is 0 Å². The first-order valence-corrected chi connectivity index (χ1v) is 13.5. The first kappa shape index (κ1) is 35.5. The van der Waals surface area contributed by atoms with Crippen LogP contribution in [0.2, 0.25) is 0 Å². The van der Waals surface area contributed by atoms with Crippen LogP contribution in [-0.2, 0) is 33.9 Å². The summed E-state index contributed by atoms with van der Waals surface area (Å²) in [5.41, 5.74) is 0. The third-order valence-electron chi connectivity index (χ3n) is 5.48. The topological polar surface area (TPSA) is 131 Å². The zero-order chi connectivity index (χ0) is 25.1. The molecule has 0 saturated carbocycles. The van der Waals surface area contributed by atoms with Crippen LogP contribution in [-0.4, -0.2) is 62.9 Å². The van der Waals surface area contributed by atoms with Crippen molar-refractivity contribution in [2.45, 2.75) is 90.7 Å². The van der Waals surface area contributed by atoms with Crippen LogP contribution in [0.3, 0.4) is 0 Å². The first-order valence-electron chi connectivity index (χ1n) is 12.1. The first-order chi connectivity index (χ1) is 15.7. The van der Waals surface area contributed by atoms with Gasteiger partial charge >= 0.3 is 41.5 Å². The van der Waals surface area contributed by atoms with Gasteiger partial charge in [0, 0.05) is 0 Å². The molecule has 194 valence electrons. The number of nitrogens with zero attached hydrogens (tertiary/aromatic N) is 1. The third-order valence-corrected chi connectivity index (χ3v) is 6.53. The van der Waals surface area contributed by atoms with E-state index in [4.69, 9.17) is 9.47 Å². The largest absolute Gasteiger partial charge is 1.00 e. The van der Waals surface area contributed by atoms with Gasteiger partial charge in [-0.2, -0.15) is 0 Å². The number of carbonyl (C=O) groups is 2. The molecule has 0 spiro atoms. The maximum absolute atomic E-state index is 12.1. The molecular weight excluding hydrogens is 473 g/mol. The molecule has 0 amide bonds. The Bertz CT molecular complexity index is 666. The molecule has 1 aliphatic heterocycles. The summed E-state index contributed by atoms with van der Waals surface area (Å²) in [5.74, 6) is -1.74. The molecule has 0 fully saturated rings. The Labute approximate surface area is 227 Å². The number of esters is 2. The van der Waals surface area contributed by atoms with E-state index in [1.54, 1.807) is 0 Å². The smallest absolute Gasteiger partial charge is 0.747 e. The van der Waals surface area contributed by atoms with Crippen LogP contribution < -0.4 is 29.6 Å². The van der Waals surface area contributed by atoms with Crippen molar-refractivity contribution >= 4 is 28.5 Å². The normalized spacial score (nSPS) is 15.1. The minimum absolute atomic E-state index is 0. The van der Waals surface area contributed by atoms with E-state index in [0.717, 1.165) is 64.5 Å². The van der Waals surface area contributed by atoms with Gasteiger partial charge in [-0.3, -0.25) is 14.6 Å². The number of carbonyl (C=O) groups excluding carboxylic acids is 2. The van der Waals surface area contributed by atoms with Gasteiger partial charge in [0.25, 0.3) is 0 Å². The van der Waals surface area contributed by atoms with E-state index in [-0.39, 0.29) is 54.6 Å². The molecule has 1 heterocycles. The van der Waals surface area contributed by atoms with Crippen LogP contribution in [0.25, 0.3) is 0 Å². The summed E-state index contributed by atoms with van der Waals surface area (Å²) in [6, 6.07) is 0. The van der Waals surface area contributed by atoms with Crippen LogP contribution in [0.15, 0.2) is 4.99 Å². The maximum Gasteiger partial charge on any atom is 1.00 e. The zero-order valence-corrected chi connectivity index (χ0v) is 24.4. The van der Waals surface area contributed by atoms with Crippen molar-refractivity contribution in [3.8, 4) is 0 Å². The Kier molecular flexibility index (Phi) is 22.5. The third kappa shape index (κ3) is 17.7. The fourth-order valence-electron chi connectivity index (χ4n) is 3.08. The zero-order valence-electron chi connectivity index (χ0n) is 21.6. The van der Waals surface area contributed by atoms with Gasteiger partial charge in [-0.25, -0.2) is 8.42 Å². The van der Waals surface area contributed by atoms with Gasteiger partial charge in [0.2, 0.25) is 0 Å². The van der Waals surface area contributed by atoms with E-state index in [1.807, 2.05) is 13.8 Å². The molecule has 9 nitrogen and oxygen atoms in total. The average Bonchev–Trinajstić information content (AvgIpc) is 3.37. The van der Waals surface area contributed by atoms with Crippen molar-refractivity contribution in [3.05, 3.63) is 0 Å². The number of hydrogen-bond donors (Lipinski definition) is 0. The quantitative estimate of drug-likeness (QED) is 0.168. The van der Waals surface area contributed by atoms with Crippen LogP contribution >= 0.6 is 0 Å². The Morgan fingerprint density at radius 1 is 1.00 bits per heavy atom. The molecule has 1 rings (SSSR count). The molecule has 0 radical (unpaired) electrons. The minimum atomic E-state index is -5.01. The molecule has 0 aromatic carbocycles. The van der Waals surface area contributed by atoms with Crippen molar-refractivity contribution in [2.75, 3.05) is 26.4 Å². The Balaban J connectivity index is 0. The molecule has 1 aliphatic rings. The summed E-state index contributed by atoms with van der Waals surface area (Å²) >= 11 is 0. The molecule has 3 atom stereocenters. The SMILES string of the molecule is C1=NCCO1.CCCCC(CC)COC(=O)CC(C(=O)OCC(CC)CCCC)S(=O)(=O)[O-].[Na+]. The van der Waals surface area contributed by atoms with E-state index in [0.29, 0.717) is 0 Å². The van der Waals surface area contributed by atoms with Crippen LogP contribution in [0.4, 0.5) is 0 Å². The summed E-state index contributed by atoms with van der Waals surface area (Å²) in [6.07, 6.45) is 8.07. The van der Waals surface area contributed by atoms with Crippen molar-refractivity contribution in [1.82, 2.24) is 0 Å². The van der Waals surface area contributed by atoms with Gasteiger partial charge in [-0.05, 0) is 24.7 Å². The van der Waals surface area contributed by atoms with Crippen molar-refractivity contribution in [1.29, 1.82) is 0 Å². The molecule has 0 aromatic rings. The van der Waals surface area contributed by atoms with Crippen molar-refractivity contribution < 1.29 is 66.3 Å². The Morgan fingerprint density at radius 2 is 1.53 bits per heavy atom. The standard InChI is InChI=1S/C20H38O7S.C3H5NO.Na/c1-5-9-11-16(7-3)14-26-19(21)13-18(28(23,24)25)20(22)27-15-17(8-4)12-10-6-2;1-2-5-3-4-1;/h16-18H,5-15H2,1-4H3,(H,23,24,25);3H,1-2H2;/q;;+1/p-1. The van der Waals surface area contributed by atoms with Gasteiger partial charge in [0.1, 0.15) is 16.7 Å². The summed E-state index contributed by atoms with van der Waals surface area (Å²) < 4.78 is 49.2. The van der Waals surface area contributed by atoms with Crippen LogP contribution in [0.1, 0.15) is 85.5 Å². The fraction of sp³-hybridized carbons (Fsp3) is 0.870. The number of hydrogen-bond acceptors (Lipinski definition) is 9. The van der Waals surface area contributed by atoms with Gasteiger partial charge in [-0.15, -0.1) is 0 Å². The monoisotopic (exact) mass is 515 g/mol. The predicted octanol–water partition coefficient (Wildman–Crippen LogP) is 0.858. The second kappa shape index (κ2) is 21.6. The molecule has 0 saturated heterocycles. The van der Waals surface area contributed by atoms with Crippen molar-refractivity contribution in [3.63, 3.8) is 0 Å². The summed E-state index contributed by atoms with van der Waals surface area (Å²) in [4.78, 5) is 27.9. The molecule has 0 aromatic heterocycles. The summed E-state index contributed by atoms with van der Waals surface area (Å²) in [5, 5.41) is -2.06. The predicted molar refractivity (Wildman–Crippen MR) is 126 cm³/mol. The molecule has 0 N–H and O–H groups in total. The summed E-state index contributed by atoms with van der Waals surface area (Å²) in [6.45, 7) is 9.89. The maximum atomic E-state index is 12.1. The molecule has 0 bridgehead atoms. The van der Waals surface area contributed by atoms with E-state index in [1.165, 1.54) is 6.40 Å². The van der Waals surface area contributed by atoms with Gasteiger partial charge in [-0.1, -0.05) is 66.2 Å². The Hall–Kier alpha value is -0.680. The van der Waals surface area contributed by atoms with Gasteiger partial charge in [0.05, 0.1) is 26.2 Å². The number of rotatable bonds is 16. The fourth-order valence-corrected chi connectivity index (χ4v) is 3.72.